The Kier molecular flexibility index (Phi) is 5.16. The van der Waals surface area contributed by atoms with Crippen molar-refractivity contribution >= 4 is 12.0 Å². The van der Waals surface area contributed by atoms with Crippen LogP contribution in [-0.2, 0) is 4.74 Å². The maximum Gasteiger partial charge on any atom is 0.410 e. The summed E-state index contributed by atoms with van der Waals surface area (Å²) in [5, 5.41) is 0. The Morgan fingerprint density at radius 1 is 1.31 bits per heavy atom. The molecule has 0 N–H and O–H groups in total. The van der Waals surface area contributed by atoms with Crippen LogP contribution >= 0.6 is 0 Å². The third kappa shape index (κ3) is 3.52. The van der Waals surface area contributed by atoms with Crippen molar-refractivity contribution in [1.29, 1.82) is 0 Å². The Bertz CT molecular complexity index is 702. The average Bonchev–Trinajstić information content (AvgIpc) is 2.91. The summed E-state index contributed by atoms with van der Waals surface area (Å²) in [5.74, 6) is -2.03. The SMILES string of the molecule is CCC[C@@H](C)N1CC2(CCN(C(=O)c3ccc(F)cc3F)CC2)OC1=O. The van der Waals surface area contributed by atoms with Crippen molar-refractivity contribution in [1.82, 2.24) is 9.80 Å². The Balaban J connectivity index is 1.64. The van der Waals surface area contributed by atoms with Crippen molar-refractivity contribution in [2.75, 3.05) is 19.6 Å². The number of nitrogens with zero attached hydrogens (tertiary/aromatic N) is 2. The van der Waals surface area contributed by atoms with E-state index in [0.717, 1.165) is 18.9 Å². The summed E-state index contributed by atoms with van der Waals surface area (Å²) in [6.45, 7) is 5.36. The molecule has 0 radical (unpaired) electrons. The van der Waals surface area contributed by atoms with E-state index >= 15 is 0 Å². The van der Waals surface area contributed by atoms with Crippen molar-refractivity contribution in [3.05, 3.63) is 35.4 Å². The van der Waals surface area contributed by atoms with E-state index in [1.165, 1.54) is 11.0 Å². The van der Waals surface area contributed by atoms with Gasteiger partial charge in [-0.15, -0.1) is 0 Å². The van der Waals surface area contributed by atoms with Gasteiger partial charge < -0.3 is 14.5 Å². The number of piperidine rings is 1. The lowest BCUT2D eigenvalue weighted by Gasteiger charge is -2.37. The number of likely N-dealkylation sites (tertiary alicyclic amines) is 1. The van der Waals surface area contributed by atoms with E-state index < -0.39 is 23.1 Å². The van der Waals surface area contributed by atoms with Crippen LogP contribution in [0.5, 0.6) is 0 Å². The summed E-state index contributed by atoms with van der Waals surface area (Å²) in [6, 6.07) is 3.08. The fourth-order valence-electron chi connectivity index (χ4n) is 3.77. The molecule has 1 spiro atoms. The first kappa shape index (κ1) is 18.6. The van der Waals surface area contributed by atoms with Gasteiger partial charge in [-0.25, -0.2) is 13.6 Å². The molecule has 2 aliphatic rings. The first-order valence-corrected chi connectivity index (χ1v) is 9.09. The zero-order chi connectivity index (χ0) is 18.9. The topological polar surface area (TPSA) is 49.9 Å². The second-order valence-electron chi connectivity index (χ2n) is 7.23. The number of rotatable bonds is 4. The smallest absolute Gasteiger partial charge is 0.410 e. The second kappa shape index (κ2) is 7.21. The molecule has 7 heteroatoms. The van der Waals surface area contributed by atoms with E-state index in [9.17, 15) is 18.4 Å². The molecule has 3 rings (SSSR count). The number of amides is 2. The fraction of sp³-hybridized carbons (Fsp3) is 0.579. The average molecular weight is 366 g/mol. The van der Waals surface area contributed by atoms with Gasteiger partial charge in [-0.1, -0.05) is 13.3 Å². The van der Waals surface area contributed by atoms with Crippen LogP contribution in [0.25, 0.3) is 0 Å². The Morgan fingerprint density at radius 2 is 2.00 bits per heavy atom. The molecule has 0 saturated carbocycles. The molecule has 0 aromatic heterocycles. The van der Waals surface area contributed by atoms with E-state index in [-0.39, 0.29) is 17.7 Å². The van der Waals surface area contributed by atoms with Gasteiger partial charge in [-0.3, -0.25) is 4.79 Å². The van der Waals surface area contributed by atoms with E-state index in [4.69, 9.17) is 4.74 Å². The number of benzene rings is 1. The first-order chi connectivity index (χ1) is 12.3. The van der Waals surface area contributed by atoms with Gasteiger partial charge in [0.2, 0.25) is 0 Å². The highest BCUT2D eigenvalue weighted by Crippen LogP contribution is 2.35. The second-order valence-corrected chi connectivity index (χ2v) is 7.23. The van der Waals surface area contributed by atoms with Crippen molar-refractivity contribution < 1.29 is 23.1 Å². The third-order valence-corrected chi connectivity index (χ3v) is 5.36. The van der Waals surface area contributed by atoms with Crippen LogP contribution in [0, 0.1) is 11.6 Å². The zero-order valence-corrected chi connectivity index (χ0v) is 15.1. The lowest BCUT2D eigenvalue weighted by Crippen LogP contribution is -2.49. The quantitative estimate of drug-likeness (QED) is 0.818. The largest absolute Gasteiger partial charge is 0.441 e. The molecule has 2 amide bonds. The van der Waals surface area contributed by atoms with Crippen molar-refractivity contribution in [3.63, 3.8) is 0 Å². The van der Waals surface area contributed by atoms with E-state index in [0.29, 0.717) is 38.5 Å². The van der Waals surface area contributed by atoms with Gasteiger partial charge in [-0.05, 0) is 25.5 Å². The predicted octanol–water partition coefficient (Wildman–Crippen LogP) is 3.58. The van der Waals surface area contributed by atoms with Gasteiger partial charge in [0.05, 0.1) is 12.1 Å². The number of hydrogen-bond donors (Lipinski definition) is 0. The van der Waals surface area contributed by atoms with Crippen LogP contribution in [0.3, 0.4) is 0 Å². The fourth-order valence-corrected chi connectivity index (χ4v) is 3.77. The Morgan fingerprint density at radius 3 is 2.62 bits per heavy atom. The molecule has 1 aromatic carbocycles. The number of carbonyl (C=O) groups excluding carboxylic acids is 2. The normalized spacial score (nSPS) is 20.4. The molecule has 0 bridgehead atoms. The molecule has 2 aliphatic heterocycles. The summed E-state index contributed by atoms with van der Waals surface area (Å²) < 4.78 is 32.5. The van der Waals surface area contributed by atoms with Crippen LogP contribution in [0.2, 0.25) is 0 Å². The lowest BCUT2D eigenvalue weighted by atomic mass is 9.90. The summed E-state index contributed by atoms with van der Waals surface area (Å²) in [4.78, 5) is 28.0. The minimum Gasteiger partial charge on any atom is -0.441 e. The molecule has 1 aromatic rings. The standard InChI is InChI=1S/C19H24F2N2O3/c1-3-4-13(2)23-12-19(26-18(23)25)7-9-22(10-8-19)17(24)15-6-5-14(20)11-16(15)21/h5-6,11,13H,3-4,7-10,12H2,1-2H3/t13-/m1/s1. The van der Waals surface area contributed by atoms with Crippen molar-refractivity contribution in [2.24, 2.45) is 0 Å². The van der Waals surface area contributed by atoms with Gasteiger partial charge in [0, 0.05) is 38.0 Å². The summed E-state index contributed by atoms with van der Waals surface area (Å²) in [6.07, 6.45) is 2.64. The minimum absolute atomic E-state index is 0.125. The first-order valence-electron chi connectivity index (χ1n) is 9.09. The molecule has 2 fully saturated rings. The van der Waals surface area contributed by atoms with Crippen molar-refractivity contribution in [3.8, 4) is 0 Å². The number of carbonyl (C=O) groups is 2. The predicted molar refractivity (Wildman–Crippen MR) is 91.8 cm³/mol. The molecule has 26 heavy (non-hydrogen) atoms. The van der Waals surface area contributed by atoms with Gasteiger partial charge in [0.25, 0.3) is 5.91 Å². The van der Waals surface area contributed by atoms with Gasteiger partial charge in [-0.2, -0.15) is 0 Å². The molecule has 5 nitrogen and oxygen atoms in total. The van der Waals surface area contributed by atoms with Crippen LogP contribution < -0.4 is 0 Å². The third-order valence-electron chi connectivity index (χ3n) is 5.36. The van der Waals surface area contributed by atoms with Crippen LogP contribution in [0.15, 0.2) is 18.2 Å². The molecule has 1 atom stereocenters. The number of halogens is 2. The molecule has 0 unspecified atom stereocenters. The number of ether oxygens (including phenoxy) is 1. The van der Waals surface area contributed by atoms with Gasteiger partial charge in [0.1, 0.15) is 17.2 Å². The highest BCUT2D eigenvalue weighted by molar-refractivity contribution is 5.94. The molecular formula is C19H24F2N2O3. The highest BCUT2D eigenvalue weighted by atomic mass is 19.1. The summed E-state index contributed by atoms with van der Waals surface area (Å²) in [5.41, 5.74) is -0.707. The molecule has 2 saturated heterocycles. The molecule has 142 valence electrons. The summed E-state index contributed by atoms with van der Waals surface area (Å²) in [7, 11) is 0. The van der Waals surface area contributed by atoms with E-state index in [1.807, 2.05) is 6.92 Å². The van der Waals surface area contributed by atoms with Gasteiger partial charge in [0.15, 0.2) is 0 Å². The number of hydrogen-bond acceptors (Lipinski definition) is 3. The van der Waals surface area contributed by atoms with Crippen LogP contribution in [0.1, 0.15) is 49.9 Å². The maximum absolute atomic E-state index is 13.9. The van der Waals surface area contributed by atoms with Crippen LogP contribution in [0.4, 0.5) is 13.6 Å². The molecule has 2 heterocycles. The zero-order valence-electron chi connectivity index (χ0n) is 15.1. The minimum atomic E-state index is -0.859. The maximum atomic E-state index is 13.9. The molecule has 0 aliphatic carbocycles. The van der Waals surface area contributed by atoms with Gasteiger partial charge >= 0.3 is 6.09 Å². The highest BCUT2D eigenvalue weighted by Gasteiger charge is 2.48. The Labute approximate surface area is 151 Å². The Hall–Kier alpha value is -2.18. The monoisotopic (exact) mass is 366 g/mol. The van der Waals surface area contributed by atoms with E-state index in [1.54, 1.807) is 4.90 Å². The molecular weight excluding hydrogens is 342 g/mol. The van der Waals surface area contributed by atoms with Crippen LogP contribution in [-0.4, -0.2) is 53.1 Å². The van der Waals surface area contributed by atoms with Crippen molar-refractivity contribution in [2.45, 2.75) is 51.2 Å². The summed E-state index contributed by atoms with van der Waals surface area (Å²) >= 11 is 0. The lowest BCUT2D eigenvalue weighted by molar-refractivity contribution is 0.00295. The van der Waals surface area contributed by atoms with E-state index in [2.05, 4.69) is 6.92 Å².